The Bertz CT molecular complexity index is 418. The van der Waals surface area contributed by atoms with Gasteiger partial charge in [-0.05, 0) is 28.1 Å². The fraction of sp³-hybridized carbons (Fsp3) is 0.500. The molecule has 1 aliphatic heterocycles. The van der Waals surface area contributed by atoms with E-state index in [4.69, 9.17) is 5.26 Å². The minimum atomic E-state index is 0. The van der Waals surface area contributed by atoms with E-state index in [2.05, 4.69) is 37.2 Å². The Morgan fingerprint density at radius 2 is 2.05 bits per heavy atom. The molecule has 0 unspecified atom stereocenters. The first-order valence-corrected chi connectivity index (χ1v) is 6.55. The van der Waals surface area contributed by atoms with Crippen LogP contribution in [0, 0.1) is 11.3 Å². The molecule has 106 valence electrons. The van der Waals surface area contributed by atoms with Gasteiger partial charge in [0.15, 0.2) is 0 Å². The van der Waals surface area contributed by atoms with Crippen LogP contribution in [0.4, 0.5) is 0 Å². The summed E-state index contributed by atoms with van der Waals surface area (Å²) in [6.07, 6.45) is 0.490. The molecule has 0 aromatic carbocycles. The van der Waals surface area contributed by atoms with Gasteiger partial charge in [0, 0.05) is 26.2 Å². The lowest BCUT2D eigenvalue weighted by molar-refractivity contribution is 0.172. The van der Waals surface area contributed by atoms with Crippen molar-refractivity contribution < 1.29 is 0 Å². The lowest BCUT2D eigenvalue weighted by Crippen LogP contribution is -2.45. The van der Waals surface area contributed by atoms with Crippen LogP contribution < -0.4 is 5.32 Å². The number of nitrogens with zero attached hydrogens (tertiary/aromatic N) is 3. The fourth-order valence-corrected chi connectivity index (χ4v) is 2.47. The number of nitrogens with one attached hydrogen (secondary N) is 1. The van der Waals surface area contributed by atoms with E-state index in [1.54, 1.807) is 0 Å². The predicted molar refractivity (Wildman–Crippen MR) is 83.8 cm³/mol. The summed E-state index contributed by atoms with van der Waals surface area (Å²) >= 11 is 3.38. The number of hydrogen-bond donors (Lipinski definition) is 1. The number of pyridine rings is 1. The maximum absolute atomic E-state index is 8.97. The van der Waals surface area contributed by atoms with Gasteiger partial charge in [0.1, 0.15) is 4.60 Å². The molecule has 2 rings (SSSR count). The molecule has 1 aromatic rings. The van der Waals surface area contributed by atoms with Gasteiger partial charge in [-0.15, -0.1) is 24.8 Å². The molecule has 1 fully saturated rings. The van der Waals surface area contributed by atoms with E-state index in [1.807, 2.05) is 18.2 Å². The number of piperazine rings is 1. The quantitative estimate of drug-likeness (QED) is 0.834. The van der Waals surface area contributed by atoms with Crippen molar-refractivity contribution in [2.24, 2.45) is 0 Å². The number of aromatic nitrogens is 1. The van der Waals surface area contributed by atoms with Gasteiger partial charge in [-0.1, -0.05) is 6.07 Å². The normalized spacial score (nSPS) is 16.6. The summed E-state index contributed by atoms with van der Waals surface area (Å²) in [4.78, 5) is 6.80. The Morgan fingerprint density at radius 1 is 1.37 bits per heavy atom. The average Bonchev–Trinajstić information content (AvgIpc) is 2.37. The Balaban J connectivity index is 0.00000162. The van der Waals surface area contributed by atoms with Crippen LogP contribution in [0.25, 0.3) is 0 Å². The molecular formula is C12H17BrCl2N4. The van der Waals surface area contributed by atoms with Gasteiger partial charge in [0.2, 0.25) is 0 Å². The van der Waals surface area contributed by atoms with Gasteiger partial charge in [-0.25, -0.2) is 4.98 Å². The SMILES string of the molecule is Cl.Cl.N#CC[C@@H](c1cccc(Br)n1)N1CCNCC1. The average molecular weight is 368 g/mol. The first kappa shape index (κ1) is 18.6. The lowest BCUT2D eigenvalue weighted by Gasteiger charge is -2.33. The van der Waals surface area contributed by atoms with Gasteiger partial charge in [0.05, 0.1) is 24.2 Å². The first-order chi connectivity index (χ1) is 8.31. The summed E-state index contributed by atoms with van der Waals surface area (Å²) in [6.45, 7) is 3.91. The molecule has 2 heterocycles. The van der Waals surface area contributed by atoms with Crippen LogP contribution in [0.15, 0.2) is 22.8 Å². The maximum Gasteiger partial charge on any atom is 0.106 e. The van der Waals surface area contributed by atoms with Gasteiger partial charge in [0.25, 0.3) is 0 Å². The summed E-state index contributed by atoms with van der Waals surface area (Å²) in [5, 5.41) is 12.3. The lowest BCUT2D eigenvalue weighted by atomic mass is 10.1. The Hall–Kier alpha value is -0.380. The number of halogens is 3. The van der Waals surface area contributed by atoms with Crippen molar-refractivity contribution in [1.82, 2.24) is 15.2 Å². The van der Waals surface area contributed by atoms with Crippen molar-refractivity contribution >= 4 is 40.7 Å². The summed E-state index contributed by atoms with van der Waals surface area (Å²) < 4.78 is 0.827. The van der Waals surface area contributed by atoms with Crippen LogP contribution in [0.3, 0.4) is 0 Å². The molecule has 0 aliphatic carbocycles. The molecule has 1 N–H and O–H groups in total. The predicted octanol–water partition coefficient (Wildman–Crippen LogP) is 2.55. The Morgan fingerprint density at radius 3 is 2.63 bits per heavy atom. The van der Waals surface area contributed by atoms with Crippen LogP contribution in [-0.2, 0) is 0 Å². The molecule has 1 aliphatic rings. The van der Waals surface area contributed by atoms with Gasteiger partial charge in [-0.3, -0.25) is 4.90 Å². The van der Waals surface area contributed by atoms with E-state index in [0.717, 1.165) is 36.5 Å². The van der Waals surface area contributed by atoms with Crippen molar-refractivity contribution in [3.05, 3.63) is 28.5 Å². The molecular weight excluding hydrogens is 351 g/mol. The molecule has 7 heteroatoms. The minimum absolute atomic E-state index is 0. The third-order valence-electron chi connectivity index (χ3n) is 2.96. The highest BCUT2D eigenvalue weighted by atomic mass is 79.9. The molecule has 4 nitrogen and oxygen atoms in total. The van der Waals surface area contributed by atoms with Gasteiger partial charge >= 0.3 is 0 Å². The Kier molecular flexibility index (Phi) is 9.32. The smallest absolute Gasteiger partial charge is 0.106 e. The van der Waals surface area contributed by atoms with E-state index in [1.165, 1.54) is 0 Å². The summed E-state index contributed by atoms with van der Waals surface area (Å²) in [7, 11) is 0. The first-order valence-electron chi connectivity index (χ1n) is 5.75. The molecule has 0 amide bonds. The standard InChI is InChI=1S/C12H15BrN4.2ClH/c13-12-3-1-2-10(16-12)11(4-5-14)17-8-6-15-7-9-17;;/h1-3,11,15H,4,6-9H2;2*1H/t11-;;/m0../s1. The van der Waals surface area contributed by atoms with E-state index in [0.29, 0.717) is 6.42 Å². The molecule has 0 saturated carbocycles. The van der Waals surface area contributed by atoms with Crippen molar-refractivity contribution in [3.63, 3.8) is 0 Å². The maximum atomic E-state index is 8.97. The number of hydrogen-bond acceptors (Lipinski definition) is 4. The Labute approximate surface area is 134 Å². The largest absolute Gasteiger partial charge is 0.314 e. The zero-order valence-corrected chi connectivity index (χ0v) is 13.6. The molecule has 1 saturated heterocycles. The minimum Gasteiger partial charge on any atom is -0.314 e. The topological polar surface area (TPSA) is 52.0 Å². The van der Waals surface area contributed by atoms with Crippen molar-refractivity contribution in [3.8, 4) is 6.07 Å². The summed E-state index contributed by atoms with van der Waals surface area (Å²) in [5.74, 6) is 0. The van der Waals surface area contributed by atoms with E-state index < -0.39 is 0 Å². The van der Waals surface area contributed by atoms with Crippen LogP contribution in [-0.4, -0.2) is 36.1 Å². The van der Waals surface area contributed by atoms with Gasteiger partial charge < -0.3 is 5.32 Å². The second-order valence-corrected chi connectivity index (χ2v) is 4.86. The highest BCUT2D eigenvalue weighted by molar-refractivity contribution is 9.10. The second kappa shape index (κ2) is 9.51. The van der Waals surface area contributed by atoms with Crippen LogP contribution in [0.5, 0.6) is 0 Å². The molecule has 0 bridgehead atoms. The molecule has 0 radical (unpaired) electrons. The highest BCUT2D eigenvalue weighted by Gasteiger charge is 2.22. The number of nitriles is 1. The third kappa shape index (κ3) is 5.25. The monoisotopic (exact) mass is 366 g/mol. The molecule has 1 atom stereocenters. The second-order valence-electron chi connectivity index (χ2n) is 4.05. The molecule has 19 heavy (non-hydrogen) atoms. The van der Waals surface area contributed by atoms with Crippen LogP contribution in [0.1, 0.15) is 18.2 Å². The number of rotatable bonds is 3. The van der Waals surface area contributed by atoms with E-state index >= 15 is 0 Å². The van der Waals surface area contributed by atoms with Crippen molar-refractivity contribution in [2.75, 3.05) is 26.2 Å². The summed E-state index contributed by atoms with van der Waals surface area (Å²) in [6, 6.07) is 8.25. The molecule has 0 spiro atoms. The highest BCUT2D eigenvalue weighted by Crippen LogP contribution is 2.23. The zero-order chi connectivity index (χ0) is 12.1. The van der Waals surface area contributed by atoms with Crippen LogP contribution in [0.2, 0.25) is 0 Å². The summed E-state index contributed by atoms with van der Waals surface area (Å²) in [5.41, 5.74) is 0.975. The van der Waals surface area contributed by atoms with E-state index in [9.17, 15) is 0 Å². The van der Waals surface area contributed by atoms with E-state index in [-0.39, 0.29) is 30.9 Å². The van der Waals surface area contributed by atoms with Crippen molar-refractivity contribution in [1.29, 1.82) is 5.26 Å². The van der Waals surface area contributed by atoms with Gasteiger partial charge in [-0.2, -0.15) is 5.26 Å². The third-order valence-corrected chi connectivity index (χ3v) is 3.40. The van der Waals surface area contributed by atoms with Crippen molar-refractivity contribution in [2.45, 2.75) is 12.5 Å². The van der Waals surface area contributed by atoms with Crippen LogP contribution >= 0.6 is 40.7 Å². The molecule has 1 aromatic heterocycles. The fourth-order valence-electron chi connectivity index (χ4n) is 2.11. The zero-order valence-electron chi connectivity index (χ0n) is 10.4.